The van der Waals surface area contributed by atoms with Crippen molar-refractivity contribution >= 4 is 84.0 Å². The van der Waals surface area contributed by atoms with E-state index in [9.17, 15) is 0 Å². The first-order chi connectivity index (χ1) is 3.27. The molecule has 0 aliphatic carbocycles. The minimum atomic E-state index is 0.417. The third-order valence-electron chi connectivity index (χ3n) is 0.107. The van der Waals surface area contributed by atoms with Gasteiger partial charge in [-0.1, -0.05) is 0 Å². The van der Waals surface area contributed by atoms with Crippen LogP contribution in [-0.2, 0) is 41.6 Å². The van der Waals surface area contributed by atoms with Gasteiger partial charge in [0.25, 0.3) is 0 Å². The van der Waals surface area contributed by atoms with Crippen molar-refractivity contribution in [2.45, 2.75) is 0 Å². The first-order valence-electron chi connectivity index (χ1n) is 0.975. The molecule has 0 aliphatic heterocycles. The van der Waals surface area contributed by atoms with Crippen molar-refractivity contribution in [1.82, 2.24) is 0 Å². The molecule has 0 amide bonds. The number of halogens is 2. The number of rotatable bonds is 0. The van der Waals surface area contributed by atoms with Crippen LogP contribution in [0.25, 0.3) is 0 Å². The van der Waals surface area contributed by atoms with E-state index in [0.717, 1.165) is 0 Å². The van der Waals surface area contributed by atoms with E-state index in [1.54, 1.807) is 8.88 Å². The molecule has 0 saturated carbocycles. The molecule has 0 aromatic rings. The first kappa shape index (κ1) is 9.69. The summed E-state index contributed by atoms with van der Waals surface area (Å²) in [5.41, 5.74) is 0. The molecule has 0 saturated heterocycles. The van der Waals surface area contributed by atoms with Crippen LogP contribution in [0.2, 0.25) is 0 Å². The Morgan fingerprint density at radius 2 is 2.00 bits per heavy atom. The molecule has 0 N–H and O–H groups in total. The quantitative estimate of drug-likeness (QED) is 0.430. The van der Waals surface area contributed by atoms with Crippen LogP contribution < -0.4 is 0 Å². The summed E-state index contributed by atoms with van der Waals surface area (Å²) in [6, 6.07) is 0. The third kappa shape index (κ3) is 8.69. The highest BCUT2D eigenvalue weighted by atomic mass is 127. The Kier molecular flexibility index (Phi) is 9.42. The molecule has 0 heterocycles. The molecule has 0 fully saturated rings. The fraction of sp³-hybridized carbons (Fsp3) is 0. The van der Waals surface area contributed by atoms with Gasteiger partial charge in [-0.05, 0) is 37.8 Å². The maximum atomic E-state index is 4.63. The van der Waals surface area contributed by atoms with E-state index >= 15 is 0 Å². The van der Waals surface area contributed by atoms with E-state index < -0.39 is 0 Å². The standard InChI is InChI=1S/I2S5/c1-7(2)6-5-4-3. The monoisotopic (exact) mass is 414 g/mol. The highest BCUT2D eigenvalue weighted by Crippen LogP contribution is 2.03. The fourth-order valence-corrected chi connectivity index (χ4v) is 14.2. The van der Waals surface area contributed by atoms with Gasteiger partial charge >= 0.3 is 0 Å². The average Bonchev–Trinajstić information content (AvgIpc) is 1.61. The van der Waals surface area contributed by atoms with Crippen molar-refractivity contribution in [1.29, 1.82) is 0 Å². The second-order valence-electron chi connectivity index (χ2n) is 0.388. The Hall–Kier alpha value is 2.69. The van der Waals surface area contributed by atoms with Crippen molar-refractivity contribution in [2.75, 3.05) is 0 Å². The first-order valence-corrected chi connectivity index (χ1v) is 12.2. The molecule has 44 valence electrons. The second-order valence-corrected chi connectivity index (χ2v) is 21.0. The van der Waals surface area contributed by atoms with Crippen LogP contribution in [0.1, 0.15) is 0 Å². The zero-order chi connectivity index (χ0) is 5.70. The summed E-state index contributed by atoms with van der Waals surface area (Å²) in [5.74, 6) is 0. The van der Waals surface area contributed by atoms with Crippen molar-refractivity contribution in [2.24, 2.45) is 0 Å². The summed E-state index contributed by atoms with van der Waals surface area (Å²) in [7, 11) is 4.86. The zero-order valence-electron chi connectivity index (χ0n) is 2.80. The van der Waals surface area contributed by atoms with Crippen LogP contribution in [0.5, 0.6) is 0 Å². The Balaban J connectivity index is 4.49. The van der Waals surface area contributed by atoms with E-state index in [1.165, 1.54) is 8.88 Å². The lowest BCUT2D eigenvalue weighted by Crippen LogP contribution is -1.42. The van der Waals surface area contributed by atoms with Gasteiger partial charge in [-0.2, -0.15) is 0 Å². The summed E-state index contributed by atoms with van der Waals surface area (Å²) in [5, 5.41) is 0. The molecule has 0 spiro atoms. The SMILES string of the molecule is S=S=S=S=S(I)I. The third-order valence-corrected chi connectivity index (χ3v) is 13.8. The molecule has 0 aromatic carbocycles. The van der Waals surface area contributed by atoms with Gasteiger partial charge in [-0.25, -0.2) is 0 Å². The van der Waals surface area contributed by atoms with Gasteiger partial charge in [-0.3, -0.25) is 0 Å². The zero-order valence-corrected chi connectivity index (χ0v) is 11.2. The summed E-state index contributed by atoms with van der Waals surface area (Å²) in [6.45, 7) is 0. The van der Waals surface area contributed by atoms with Crippen molar-refractivity contribution in [3.63, 3.8) is 0 Å². The largest absolute Gasteiger partial charge is 0.0257 e. The van der Waals surface area contributed by atoms with Gasteiger partial charge in [0.2, 0.25) is 0 Å². The highest BCUT2D eigenvalue weighted by Gasteiger charge is 1.64. The van der Waals surface area contributed by atoms with E-state index in [2.05, 4.69) is 53.6 Å². The Morgan fingerprint density at radius 1 is 1.43 bits per heavy atom. The van der Waals surface area contributed by atoms with Gasteiger partial charge < -0.3 is 0 Å². The lowest BCUT2D eigenvalue weighted by Gasteiger charge is -1.63. The predicted octanol–water partition coefficient (Wildman–Crippen LogP) is 1.76. The lowest BCUT2D eigenvalue weighted by atomic mass is 30.8. The van der Waals surface area contributed by atoms with Crippen LogP contribution in [-0.4, -0.2) is 0 Å². The van der Waals surface area contributed by atoms with Gasteiger partial charge in [0, 0.05) is 46.2 Å². The minimum Gasteiger partial charge on any atom is -0.0257 e. The topological polar surface area (TPSA) is 0 Å². The summed E-state index contributed by atoms with van der Waals surface area (Å²) < 4.78 is 0.417. The van der Waals surface area contributed by atoms with E-state index in [1.807, 2.05) is 8.88 Å². The van der Waals surface area contributed by atoms with Crippen LogP contribution in [0.3, 0.4) is 0 Å². The normalized spacial score (nSPS) is 8.43. The van der Waals surface area contributed by atoms with Gasteiger partial charge in [0.1, 0.15) is 0 Å². The Morgan fingerprint density at radius 3 is 2.14 bits per heavy atom. The maximum absolute atomic E-state index is 4.63. The van der Waals surface area contributed by atoms with Crippen LogP contribution >= 0.6 is 42.4 Å². The second kappa shape index (κ2) is 6.81. The molecule has 0 nitrogen and oxygen atoms in total. The highest BCUT2D eigenvalue weighted by molar-refractivity contribution is 14.3. The summed E-state index contributed by atoms with van der Waals surface area (Å²) in [6.07, 6.45) is 0. The molecule has 7 heavy (non-hydrogen) atoms. The van der Waals surface area contributed by atoms with Crippen LogP contribution in [0.4, 0.5) is 0 Å². The Labute approximate surface area is 82.2 Å². The van der Waals surface area contributed by atoms with Crippen LogP contribution in [0, 0.1) is 0 Å². The minimum absolute atomic E-state index is 0.417. The predicted molar refractivity (Wildman–Crippen MR) is 64.9 cm³/mol. The number of hydrogen-bond donors (Lipinski definition) is 0. The van der Waals surface area contributed by atoms with Gasteiger partial charge in [-0.15, -0.1) is 0 Å². The fourth-order valence-electron chi connectivity index (χ4n) is 0.0323. The summed E-state index contributed by atoms with van der Waals surface area (Å²) in [4.78, 5) is 0. The van der Waals surface area contributed by atoms with Gasteiger partial charge in [0.15, 0.2) is 0 Å². The molecule has 0 atom stereocenters. The smallest absolute Gasteiger partial charge is 0.0122 e. The number of hydrogen-bond acceptors (Lipinski definition) is 1. The molecule has 0 aliphatic rings. The molecular formula is I2S5. The maximum Gasteiger partial charge on any atom is 0.0122 e. The molecule has 0 unspecified atom stereocenters. The van der Waals surface area contributed by atoms with Crippen LogP contribution in [0.15, 0.2) is 0 Å². The molecular weight excluding hydrogens is 414 g/mol. The van der Waals surface area contributed by atoms with Crippen molar-refractivity contribution in [3.05, 3.63) is 0 Å². The Bertz CT molecular complexity index is 159. The lowest BCUT2D eigenvalue weighted by molar-refractivity contribution is 6.11. The molecule has 0 rings (SSSR count). The summed E-state index contributed by atoms with van der Waals surface area (Å²) >= 11 is 9.35. The van der Waals surface area contributed by atoms with E-state index in [-0.39, 0.29) is 0 Å². The molecule has 0 aromatic heterocycles. The van der Waals surface area contributed by atoms with Crippen molar-refractivity contribution < 1.29 is 0 Å². The molecule has 7 heteroatoms. The molecule has 0 radical (unpaired) electrons. The van der Waals surface area contributed by atoms with Gasteiger partial charge in [0.05, 0.1) is 0 Å². The van der Waals surface area contributed by atoms with E-state index in [4.69, 9.17) is 0 Å². The average molecular weight is 414 g/mol. The molecule has 0 bridgehead atoms. The van der Waals surface area contributed by atoms with E-state index in [0.29, 0.717) is 3.80 Å². The van der Waals surface area contributed by atoms with Crippen molar-refractivity contribution in [3.8, 4) is 0 Å².